The summed E-state index contributed by atoms with van der Waals surface area (Å²) >= 11 is 18.2. The average molecular weight is 1050 g/mol. The van der Waals surface area contributed by atoms with Crippen LogP contribution in [0.4, 0.5) is 18.9 Å². The van der Waals surface area contributed by atoms with Crippen LogP contribution < -0.4 is 14.5 Å². The van der Waals surface area contributed by atoms with E-state index in [-0.39, 0.29) is 48.2 Å². The highest BCUT2D eigenvalue weighted by Gasteiger charge is 2.34. The second kappa shape index (κ2) is 20.9. The van der Waals surface area contributed by atoms with Crippen LogP contribution in [0.5, 0.6) is 11.5 Å². The number of aromatic nitrogens is 2. The number of alkyl halides is 3. The first-order valence-electron chi connectivity index (χ1n) is 23.5. The minimum absolute atomic E-state index is 0.00222. The quantitative estimate of drug-likeness (QED) is 0.134. The molecule has 0 spiro atoms. The van der Waals surface area contributed by atoms with Crippen molar-refractivity contribution in [1.82, 2.24) is 14.1 Å². The van der Waals surface area contributed by atoms with Crippen molar-refractivity contribution in [2.45, 2.75) is 83.9 Å². The summed E-state index contributed by atoms with van der Waals surface area (Å²) in [7, 11) is 3.17. The lowest BCUT2D eigenvalue weighted by Crippen LogP contribution is -2.34. The lowest BCUT2D eigenvalue weighted by molar-refractivity contribution is -0.137. The van der Waals surface area contributed by atoms with Gasteiger partial charge in [-0.2, -0.15) is 23.4 Å². The van der Waals surface area contributed by atoms with Crippen LogP contribution >= 0.6 is 34.8 Å². The summed E-state index contributed by atoms with van der Waals surface area (Å²) in [5, 5.41) is 14.9. The third-order valence-corrected chi connectivity index (χ3v) is 14.6. The Morgan fingerprint density at radius 1 is 0.630 bits per heavy atom. The number of carbonyl (C=O) groups excluding carboxylic acids is 4. The van der Waals surface area contributed by atoms with Gasteiger partial charge in [0.25, 0.3) is 17.7 Å². The Morgan fingerprint density at radius 2 is 1.15 bits per heavy atom. The van der Waals surface area contributed by atoms with E-state index in [0.717, 1.165) is 81.6 Å². The van der Waals surface area contributed by atoms with E-state index in [4.69, 9.17) is 49.4 Å². The minimum Gasteiger partial charge on any atom is -0.497 e. The first-order chi connectivity index (χ1) is 34.9. The van der Waals surface area contributed by atoms with Crippen molar-refractivity contribution < 1.29 is 41.8 Å². The first kappa shape index (κ1) is 51.0. The molecule has 18 heteroatoms. The van der Waals surface area contributed by atoms with Crippen molar-refractivity contribution in [2.24, 2.45) is 10.2 Å². The molecule has 0 saturated heterocycles. The summed E-state index contributed by atoms with van der Waals surface area (Å²) in [5.41, 5.74) is 6.37. The number of ether oxygens (including phenoxy) is 2. The van der Waals surface area contributed by atoms with Gasteiger partial charge in [0.05, 0.1) is 76.9 Å². The number of benzene rings is 5. The van der Waals surface area contributed by atoms with Crippen LogP contribution in [0.2, 0.25) is 15.1 Å². The van der Waals surface area contributed by atoms with Gasteiger partial charge < -0.3 is 9.47 Å². The molecule has 12 nitrogen and oxygen atoms in total. The van der Waals surface area contributed by atoms with Crippen molar-refractivity contribution in [3.05, 3.63) is 157 Å². The van der Waals surface area contributed by atoms with Crippen molar-refractivity contribution in [3.8, 4) is 11.5 Å². The molecule has 2 amide bonds. The molecule has 4 heterocycles. The van der Waals surface area contributed by atoms with Crippen LogP contribution in [-0.2, 0) is 28.6 Å². The van der Waals surface area contributed by atoms with E-state index in [1.807, 2.05) is 38.1 Å². The zero-order chi connectivity index (χ0) is 51.9. The van der Waals surface area contributed by atoms with Gasteiger partial charge in [0.2, 0.25) is 5.91 Å². The van der Waals surface area contributed by atoms with E-state index in [1.165, 1.54) is 18.6 Å². The molecule has 1 fully saturated rings. The van der Waals surface area contributed by atoms with E-state index in [9.17, 15) is 32.3 Å². The zero-order valence-corrected chi connectivity index (χ0v) is 42.4. The number of amides is 2. The molecule has 3 aliphatic rings. The van der Waals surface area contributed by atoms with Gasteiger partial charge in [-0.05, 0) is 141 Å². The zero-order valence-electron chi connectivity index (χ0n) is 40.2. The molecular weight excluding hydrogens is 1000 g/mol. The van der Waals surface area contributed by atoms with Crippen molar-refractivity contribution in [3.63, 3.8) is 0 Å². The van der Waals surface area contributed by atoms with E-state index >= 15 is 0 Å². The number of rotatable bonds is 10. The maximum Gasteiger partial charge on any atom is 0.416 e. The molecule has 73 heavy (non-hydrogen) atoms. The highest BCUT2D eigenvalue weighted by atomic mass is 35.5. The molecule has 7 aromatic rings. The summed E-state index contributed by atoms with van der Waals surface area (Å²) in [6, 6.07) is 27.0. The number of fused-ring (bicyclic) bond motifs is 2. The van der Waals surface area contributed by atoms with E-state index in [0.29, 0.717) is 67.5 Å². The SMILES string of the molecule is COc1ccc2c(c1)c(CC1=NN(C3CCCCC3)C(=O)C1)c(C)n2C(=O)c1ccc(Cl)c(Cl)c1.COc1ccc2c(c1)c(CC1=NN(c3ccc(C(F)(F)F)cc3)C(=O)C1)c(C)n2C(=O)c1ccc(Cl)cc1. The smallest absolute Gasteiger partial charge is 0.416 e. The van der Waals surface area contributed by atoms with Crippen molar-refractivity contribution >= 4 is 97.3 Å². The summed E-state index contributed by atoms with van der Waals surface area (Å²) in [5.74, 6) is 0.581. The normalized spacial score (nSPS) is 15.2. The molecule has 376 valence electrons. The fraction of sp³-hybridized carbons (Fsp3) is 0.273. The van der Waals surface area contributed by atoms with Crippen molar-refractivity contribution in [1.29, 1.82) is 0 Å². The Morgan fingerprint density at radius 3 is 1.68 bits per heavy atom. The molecule has 2 aromatic heterocycles. The van der Waals surface area contributed by atoms with Gasteiger partial charge >= 0.3 is 6.18 Å². The van der Waals surface area contributed by atoms with Gasteiger partial charge in [-0.1, -0.05) is 54.1 Å². The molecule has 1 aliphatic carbocycles. The topological polar surface area (TPSA) is 128 Å². The van der Waals surface area contributed by atoms with Gasteiger partial charge in [0.15, 0.2) is 0 Å². The van der Waals surface area contributed by atoms with Crippen LogP contribution in [0.3, 0.4) is 0 Å². The highest BCUT2D eigenvalue weighted by molar-refractivity contribution is 6.42. The fourth-order valence-electron chi connectivity index (χ4n) is 9.82. The standard InChI is InChI=1S/C28H21ClF3N3O3.C27H27Cl2N3O3/c1-16-23(13-20-14-26(36)35(33-20)21-9-5-18(6-10-21)28(30,31)32)24-15-22(38-2)11-12-25(24)34(16)27(37)17-3-7-19(29)8-4-17;1-16-21(13-18-14-26(33)32(30-18)19-6-4-3-5-7-19)22-15-20(35-2)9-11-25(22)31(16)27(34)17-8-10-23(28)24(29)12-17/h3-12,15H,13-14H2,1-2H3;8-12,15,19H,3-7,13-14H2,1-2H3. The van der Waals surface area contributed by atoms with Crippen LogP contribution in [0.15, 0.2) is 113 Å². The van der Waals surface area contributed by atoms with Crippen LogP contribution in [0.1, 0.15) is 93.7 Å². The van der Waals surface area contributed by atoms with Crippen LogP contribution in [-0.4, -0.2) is 69.5 Å². The second-order valence-corrected chi connectivity index (χ2v) is 19.4. The number of methoxy groups -OCH3 is 2. The minimum atomic E-state index is -4.47. The van der Waals surface area contributed by atoms with E-state index in [1.54, 1.807) is 83.0 Å². The number of hydrogen-bond donors (Lipinski definition) is 0. The predicted molar refractivity (Wildman–Crippen MR) is 278 cm³/mol. The average Bonchev–Trinajstić information content (AvgIpc) is 4.11. The maximum atomic E-state index is 13.6. The number of carbonyl (C=O) groups is 4. The lowest BCUT2D eigenvalue weighted by Gasteiger charge is -2.27. The summed E-state index contributed by atoms with van der Waals surface area (Å²) in [6.07, 6.45) is 2.12. The molecule has 0 N–H and O–H groups in total. The maximum absolute atomic E-state index is 13.6. The predicted octanol–water partition coefficient (Wildman–Crippen LogP) is 13.1. The number of hydrogen-bond acceptors (Lipinski definition) is 8. The summed E-state index contributed by atoms with van der Waals surface area (Å²) in [4.78, 5) is 52.6. The third-order valence-electron chi connectivity index (χ3n) is 13.6. The van der Waals surface area contributed by atoms with Gasteiger partial charge in [0, 0.05) is 51.2 Å². The Bertz CT molecular complexity index is 3400. The van der Waals surface area contributed by atoms with Gasteiger partial charge in [-0.3, -0.25) is 28.3 Å². The molecule has 0 unspecified atom stereocenters. The summed E-state index contributed by atoms with van der Waals surface area (Å²) < 4.78 is 53.0. The highest BCUT2D eigenvalue weighted by Crippen LogP contribution is 2.36. The van der Waals surface area contributed by atoms with Gasteiger partial charge in [-0.25, -0.2) is 10.0 Å². The molecule has 0 radical (unpaired) electrons. The third kappa shape index (κ3) is 10.4. The Kier molecular flexibility index (Phi) is 14.6. The second-order valence-electron chi connectivity index (χ2n) is 18.1. The number of anilines is 1. The van der Waals surface area contributed by atoms with Gasteiger partial charge in [-0.15, -0.1) is 0 Å². The lowest BCUT2D eigenvalue weighted by atomic mass is 9.95. The molecule has 2 aliphatic heterocycles. The summed E-state index contributed by atoms with van der Waals surface area (Å²) in [6.45, 7) is 3.74. The number of hydrazone groups is 2. The monoisotopic (exact) mass is 1050 g/mol. The first-order valence-corrected chi connectivity index (χ1v) is 24.7. The van der Waals surface area contributed by atoms with Crippen molar-refractivity contribution in [2.75, 3.05) is 19.2 Å². The molecule has 5 aromatic carbocycles. The van der Waals surface area contributed by atoms with Gasteiger partial charge in [0.1, 0.15) is 11.5 Å². The van der Waals surface area contributed by atoms with E-state index in [2.05, 4.69) is 5.10 Å². The molecule has 0 atom stereocenters. The Balaban J connectivity index is 0.000000180. The molecule has 10 rings (SSSR count). The fourth-order valence-corrected chi connectivity index (χ4v) is 10.2. The van der Waals surface area contributed by atoms with E-state index < -0.39 is 11.7 Å². The number of halogens is 6. The molecule has 0 bridgehead atoms. The molecule has 1 saturated carbocycles. The van der Waals surface area contributed by atoms with Crippen LogP contribution in [0.25, 0.3) is 21.8 Å². The molecular formula is C55H48Cl3F3N6O6. The Labute approximate surface area is 433 Å². The van der Waals surface area contributed by atoms with Crippen LogP contribution in [0, 0.1) is 13.8 Å². The largest absolute Gasteiger partial charge is 0.497 e. The Hall–Kier alpha value is -6.94. The number of nitrogens with zero attached hydrogens (tertiary/aromatic N) is 6.